The standard InChI is InChI=1S/C13H21NO3/c1-3-4-13(12(16)17)5-6-14(8-13)11(15)10-7-9(10)2/h9-10H,3-8H2,1-2H3,(H,16,17). The summed E-state index contributed by atoms with van der Waals surface area (Å²) in [5.41, 5.74) is -0.678. The molecule has 4 heteroatoms. The highest BCUT2D eigenvalue weighted by Crippen LogP contribution is 2.42. The van der Waals surface area contributed by atoms with Crippen LogP contribution in [0, 0.1) is 17.3 Å². The minimum Gasteiger partial charge on any atom is -0.481 e. The molecule has 0 radical (unpaired) electrons. The first-order valence-corrected chi connectivity index (χ1v) is 6.52. The second kappa shape index (κ2) is 4.31. The van der Waals surface area contributed by atoms with Gasteiger partial charge in [0, 0.05) is 19.0 Å². The lowest BCUT2D eigenvalue weighted by Crippen LogP contribution is -2.37. The molecule has 0 aromatic carbocycles. The molecule has 1 saturated carbocycles. The molecule has 1 aliphatic carbocycles. The van der Waals surface area contributed by atoms with Gasteiger partial charge in [-0.2, -0.15) is 0 Å². The molecule has 1 saturated heterocycles. The van der Waals surface area contributed by atoms with Crippen molar-refractivity contribution in [3.05, 3.63) is 0 Å². The number of carbonyl (C=O) groups is 2. The first kappa shape index (κ1) is 12.4. The predicted octanol–water partition coefficient (Wildman–Crippen LogP) is 1.75. The number of aliphatic carboxylic acids is 1. The Bertz CT molecular complexity index is 342. The maximum Gasteiger partial charge on any atom is 0.311 e. The molecule has 1 heterocycles. The lowest BCUT2D eigenvalue weighted by Gasteiger charge is -2.24. The average molecular weight is 239 g/mol. The molecule has 0 bridgehead atoms. The van der Waals surface area contributed by atoms with Crippen molar-refractivity contribution in [2.75, 3.05) is 13.1 Å². The highest BCUT2D eigenvalue weighted by molar-refractivity contribution is 5.84. The number of rotatable bonds is 4. The molecule has 1 N–H and O–H groups in total. The summed E-state index contributed by atoms with van der Waals surface area (Å²) in [5.74, 6) is 0.102. The zero-order valence-corrected chi connectivity index (χ0v) is 10.6. The topological polar surface area (TPSA) is 57.6 Å². The molecular formula is C13H21NO3. The number of likely N-dealkylation sites (tertiary alicyclic amines) is 1. The van der Waals surface area contributed by atoms with Crippen molar-refractivity contribution >= 4 is 11.9 Å². The van der Waals surface area contributed by atoms with Gasteiger partial charge in [-0.15, -0.1) is 0 Å². The molecule has 3 atom stereocenters. The Morgan fingerprint density at radius 1 is 1.47 bits per heavy atom. The van der Waals surface area contributed by atoms with Crippen molar-refractivity contribution in [1.29, 1.82) is 0 Å². The summed E-state index contributed by atoms with van der Waals surface area (Å²) >= 11 is 0. The molecule has 17 heavy (non-hydrogen) atoms. The van der Waals surface area contributed by atoms with Gasteiger partial charge in [0.1, 0.15) is 0 Å². The Labute approximate surface area is 102 Å². The summed E-state index contributed by atoms with van der Waals surface area (Å²) in [7, 11) is 0. The van der Waals surface area contributed by atoms with Crippen LogP contribution in [0.15, 0.2) is 0 Å². The van der Waals surface area contributed by atoms with Crippen LogP contribution in [-0.4, -0.2) is 35.0 Å². The number of carbonyl (C=O) groups excluding carboxylic acids is 1. The second-order valence-electron chi connectivity index (χ2n) is 5.66. The molecule has 0 spiro atoms. The van der Waals surface area contributed by atoms with Gasteiger partial charge in [0.25, 0.3) is 0 Å². The van der Waals surface area contributed by atoms with Crippen molar-refractivity contribution in [3.8, 4) is 0 Å². The third-order valence-corrected chi connectivity index (χ3v) is 4.27. The molecule has 2 aliphatic rings. The van der Waals surface area contributed by atoms with E-state index in [-0.39, 0.29) is 11.8 Å². The molecule has 1 amide bonds. The van der Waals surface area contributed by atoms with E-state index in [4.69, 9.17) is 0 Å². The Hall–Kier alpha value is -1.06. The van der Waals surface area contributed by atoms with E-state index >= 15 is 0 Å². The van der Waals surface area contributed by atoms with Crippen LogP contribution in [0.2, 0.25) is 0 Å². The van der Waals surface area contributed by atoms with Gasteiger partial charge in [-0.3, -0.25) is 9.59 Å². The summed E-state index contributed by atoms with van der Waals surface area (Å²) in [5, 5.41) is 9.36. The van der Waals surface area contributed by atoms with Gasteiger partial charge in [-0.05, 0) is 25.2 Å². The first-order chi connectivity index (χ1) is 8.00. The third kappa shape index (κ3) is 2.17. The number of nitrogens with zero attached hydrogens (tertiary/aromatic N) is 1. The van der Waals surface area contributed by atoms with E-state index in [9.17, 15) is 14.7 Å². The van der Waals surface area contributed by atoms with E-state index in [1.54, 1.807) is 4.90 Å². The monoisotopic (exact) mass is 239 g/mol. The van der Waals surface area contributed by atoms with Crippen molar-refractivity contribution in [2.45, 2.75) is 39.5 Å². The fraction of sp³-hybridized carbons (Fsp3) is 0.846. The van der Waals surface area contributed by atoms with Crippen LogP contribution in [0.1, 0.15) is 39.5 Å². The maximum absolute atomic E-state index is 12.1. The van der Waals surface area contributed by atoms with Crippen LogP contribution in [-0.2, 0) is 9.59 Å². The number of carboxylic acids is 1. The van der Waals surface area contributed by atoms with Gasteiger partial charge in [-0.1, -0.05) is 20.3 Å². The van der Waals surface area contributed by atoms with Gasteiger partial charge >= 0.3 is 5.97 Å². The van der Waals surface area contributed by atoms with Crippen LogP contribution < -0.4 is 0 Å². The molecule has 96 valence electrons. The molecule has 0 aromatic heterocycles. The van der Waals surface area contributed by atoms with Gasteiger partial charge < -0.3 is 10.0 Å². The van der Waals surface area contributed by atoms with E-state index in [1.165, 1.54) is 0 Å². The van der Waals surface area contributed by atoms with E-state index in [2.05, 4.69) is 6.92 Å². The Morgan fingerprint density at radius 2 is 2.12 bits per heavy atom. The zero-order valence-electron chi connectivity index (χ0n) is 10.6. The highest BCUT2D eigenvalue weighted by Gasteiger charge is 2.49. The lowest BCUT2D eigenvalue weighted by atomic mass is 9.83. The minimum absolute atomic E-state index is 0.168. The number of carboxylic acid groups (broad SMARTS) is 1. The van der Waals surface area contributed by atoms with E-state index in [0.29, 0.717) is 31.8 Å². The van der Waals surface area contributed by atoms with E-state index < -0.39 is 11.4 Å². The Kier molecular flexibility index (Phi) is 3.15. The summed E-state index contributed by atoms with van der Waals surface area (Å²) in [4.78, 5) is 25.2. The second-order valence-corrected chi connectivity index (χ2v) is 5.66. The van der Waals surface area contributed by atoms with Crippen LogP contribution in [0.5, 0.6) is 0 Å². The average Bonchev–Trinajstić information content (AvgIpc) is 2.84. The predicted molar refractivity (Wildman–Crippen MR) is 63.4 cm³/mol. The quantitative estimate of drug-likeness (QED) is 0.813. The molecule has 0 aromatic rings. The summed E-state index contributed by atoms with van der Waals surface area (Å²) in [6, 6.07) is 0. The summed E-state index contributed by atoms with van der Waals surface area (Å²) in [6.07, 6.45) is 3.12. The summed E-state index contributed by atoms with van der Waals surface area (Å²) < 4.78 is 0. The molecule has 2 rings (SSSR count). The van der Waals surface area contributed by atoms with Gasteiger partial charge in [0.05, 0.1) is 5.41 Å². The fourth-order valence-corrected chi connectivity index (χ4v) is 2.93. The molecule has 4 nitrogen and oxygen atoms in total. The Morgan fingerprint density at radius 3 is 2.59 bits per heavy atom. The van der Waals surface area contributed by atoms with E-state index in [0.717, 1.165) is 12.8 Å². The van der Waals surface area contributed by atoms with E-state index in [1.807, 2.05) is 6.92 Å². The molecular weight excluding hydrogens is 218 g/mol. The lowest BCUT2D eigenvalue weighted by molar-refractivity contribution is -0.149. The van der Waals surface area contributed by atoms with Crippen LogP contribution >= 0.6 is 0 Å². The SMILES string of the molecule is CCCC1(C(=O)O)CCN(C(=O)C2CC2C)C1. The van der Waals surface area contributed by atoms with Crippen LogP contribution in [0.3, 0.4) is 0 Å². The van der Waals surface area contributed by atoms with Gasteiger partial charge in [0.2, 0.25) is 5.91 Å². The molecule has 2 fully saturated rings. The molecule has 3 unspecified atom stereocenters. The smallest absolute Gasteiger partial charge is 0.311 e. The Balaban J connectivity index is 2.01. The van der Waals surface area contributed by atoms with Gasteiger partial charge in [-0.25, -0.2) is 0 Å². The highest BCUT2D eigenvalue weighted by atomic mass is 16.4. The van der Waals surface area contributed by atoms with Gasteiger partial charge in [0.15, 0.2) is 0 Å². The first-order valence-electron chi connectivity index (χ1n) is 6.52. The third-order valence-electron chi connectivity index (χ3n) is 4.27. The van der Waals surface area contributed by atoms with Crippen molar-refractivity contribution in [3.63, 3.8) is 0 Å². The van der Waals surface area contributed by atoms with Crippen LogP contribution in [0.4, 0.5) is 0 Å². The van der Waals surface area contributed by atoms with Crippen LogP contribution in [0.25, 0.3) is 0 Å². The number of hydrogen-bond donors (Lipinski definition) is 1. The minimum atomic E-state index is -0.738. The summed E-state index contributed by atoms with van der Waals surface area (Å²) in [6.45, 7) is 5.11. The molecule has 1 aliphatic heterocycles. The van der Waals surface area contributed by atoms with Crippen molar-refractivity contribution < 1.29 is 14.7 Å². The normalized spacial score (nSPS) is 36.0. The van der Waals surface area contributed by atoms with Crippen molar-refractivity contribution in [2.24, 2.45) is 17.3 Å². The fourth-order valence-electron chi connectivity index (χ4n) is 2.93. The zero-order chi connectivity index (χ0) is 12.6. The number of amides is 1. The largest absolute Gasteiger partial charge is 0.481 e. The van der Waals surface area contributed by atoms with Crippen molar-refractivity contribution in [1.82, 2.24) is 4.90 Å². The number of hydrogen-bond acceptors (Lipinski definition) is 2. The maximum atomic E-state index is 12.1.